The number of fused-ring (bicyclic) bond motifs is 3. The van der Waals surface area contributed by atoms with Crippen molar-refractivity contribution in [1.82, 2.24) is 9.62 Å². The average Bonchev–Trinajstić information content (AvgIpc) is 3.32. The lowest BCUT2D eigenvalue weighted by molar-refractivity contribution is 0.0979. The maximum Gasteiger partial charge on any atom is 0.410 e. The Morgan fingerprint density at radius 2 is 1.50 bits per heavy atom. The van der Waals surface area contributed by atoms with E-state index in [-0.39, 0.29) is 43.8 Å². The molecule has 1 N–H and O–H groups in total. The van der Waals surface area contributed by atoms with E-state index in [4.69, 9.17) is 27.9 Å². The highest BCUT2D eigenvalue weighted by Crippen LogP contribution is 2.44. The number of hydrogen-bond acceptors (Lipinski definition) is 4. The molecular formula is C33H32Cl2N2O4S. The number of rotatable bonds is 12. The smallest absolute Gasteiger partial charge is 0.410 e. The standard InChI is InChI=1S/C33H32Cl2N2O4S/c34-17-8-20-42(39,40)36-18-19-37(22-24-15-16-26(32(35)21-24)25-9-2-1-3-10-25)33(38)41-23-31-29-13-6-4-11-27(29)28-12-5-7-14-30(28)31/h1-7,9-16,21,31,36H,8,17-20,22-23H2. The highest BCUT2D eigenvalue weighted by atomic mass is 35.5. The Hall–Kier alpha value is -3.36. The number of sulfonamides is 1. The van der Waals surface area contributed by atoms with Gasteiger partial charge in [-0.1, -0.05) is 103 Å². The summed E-state index contributed by atoms with van der Waals surface area (Å²) in [5.74, 6) is 0.0988. The molecule has 0 bridgehead atoms. The summed E-state index contributed by atoms with van der Waals surface area (Å²) in [5.41, 5.74) is 7.21. The molecule has 1 aliphatic carbocycles. The molecule has 1 amide bonds. The van der Waals surface area contributed by atoms with Crippen LogP contribution in [0, 0.1) is 0 Å². The second-order valence-electron chi connectivity index (χ2n) is 10.2. The van der Waals surface area contributed by atoms with Gasteiger partial charge in [-0.2, -0.15) is 0 Å². The van der Waals surface area contributed by atoms with Crippen LogP contribution in [-0.4, -0.2) is 50.7 Å². The second kappa shape index (κ2) is 13.7. The number of nitrogens with zero attached hydrogens (tertiary/aromatic N) is 1. The molecule has 6 nitrogen and oxygen atoms in total. The Bertz CT molecular complexity index is 1600. The number of benzene rings is 4. The Morgan fingerprint density at radius 3 is 2.14 bits per heavy atom. The third kappa shape index (κ3) is 7.16. The van der Waals surface area contributed by atoms with E-state index < -0.39 is 16.1 Å². The van der Waals surface area contributed by atoms with Crippen LogP contribution < -0.4 is 4.72 Å². The minimum absolute atomic E-state index is 0.0463. The maximum atomic E-state index is 13.5. The molecular weight excluding hydrogens is 591 g/mol. The van der Waals surface area contributed by atoms with Gasteiger partial charge in [-0.15, -0.1) is 11.6 Å². The molecule has 1 aliphatic rings. The van der Waals surface area contributed by atoms with Crippen LogP contribution in [0.3, 0.4) is 0 Å². The molecule has 9 heteroatoms. The quantitative estimate of drug-likeness (QED) is 0.168. The van der Waals surface area contributed by atoms with Crippen LogP contribution in [0.4, 0.5) is 4.79 Å². The van der Waals surface area contributed by atoms with Crippen molar-refractivity contribution in [1.29, 1.82) is 0 Å². The number of halogens is 2. The molecule has 5 rings (SSSR count). The molecule has 0 saturated carbocycles. The minimum Gasteiger partial charge on any atom is -0.448 e. The molecule has 4 aromatic carbocycles. The zero-order chi connectivity index (χ0) is 29.5. The van der Waals surface area contributed by atoms with Crippen molar-refractivity contribution >= 4 is 39.3 Å². The molecule has 0 aromatic heterocycles. The lowest BCUT2D eigenvalue weighted by Gasteiger charge is -2.24. The summed E-state index contributed by atoms with van der Waals surface area (Å²) in [4.78, 5) is 15.0. The monoisotopic (exact) mass is 622 g/mol. The molecule has 218 valence electrons. The molecule has 0 radical (unpaired) electrons. The maximum absolute atomic E-state index is 13.5. The van der Waals surface area contributed by atoms with Gasteiger partial charge in [0, 0.05) is 42.0 Å². The van der Waals surface area contributed by atoms with Gasteiger partial charge in [0.25, 0.3) is 0 Å². The van der Waals surface area contributed by atoms with Crippen molar-refractivity contribution < 1.29 is 17.9 Å². The highest BCUT2D eigenvalue weighted by molar-refractivity contribution is 7.89. The molecule has 4 aromatic rings. The van der Waals surface area contributed by atoms with Gasteiger partial charge in [0.05, 0.1) is 5.75 Å². The predicted octanol–water partition coefficient (Wildman–Crippen LogP) is 7.31. The number of alkyl halides is 1. The van der Waals surface area contributed by atoms with E-state index in [1.54, 1.807) is 0 Å². The van der Waals surface area contributed by atoms with Gasteiger partial charge in [-0.3, -0.25) is 0 Å². The summed E-state index contributed by atoms with van der Waals surface area (Å²) in [7, 11) is -3.51. The molecule has 0 heterocycles. The van der Waals surface area contributed by atoms with Crippen molar-refractivity contribution in [3.8, 4) is 22.3 Å². The largest absolute Gasteiger partial charge is 0.448 e. The Kier molecular flexibility index (Phi) is 9.85. The van der Waals surface area contributed by atoms with E-state index in [1.165, 1.54) is 4.90 Å². The number of amides is 1. The van der Waals surface area contributed by atoms with Crippen LogP contribution in [0.15, 0.2) is 97.1 Å². The number of hydrogen-bond donors (Lipinski definition) is 1. The normalized spacial score (nSPS) is 12.5. The van der Waals surface area contributed by atoms with E-state index in [0.29, 0.717) is 11.4 Å². The second-order valence-corrected chi connectivity index (χ2v) is 12.9. The highest BCUT2D eigenvalue weighted by Gasteiger charge is 2.30. The number of carbonyl (C=O) groups excluding carboxylic acids is 1. The summed E-state index contributed by atoms with van der Waals surface area (Å²) in [6, 6.07) is 31.8. The van der Waals surface area contributed by atoms with Crippen molar-refractivity contribution in [2.45, 2.75) is 18.9 Å². The lowest BCUT2D eigenvalue weighted by atomic mass is 9.98. The van der Waals surface area contributed by atoms with Crippen LogP contribution in [0.2, 0.25) is 5.02 Å². The summed E-state index contributed by atoms with van der Waals surface area (Å²) in [6.07, 6.45) is -0.181. The zero-order valence-corrected chi connectivity index (χ0v) is 25.3. The SMILES string of the molecule is O=C(OCC1c2ccccc2-c2ccccc21)N(CCNS(=O)(=O)CCCCl)Cc1ccc(-c2ccccc2)c(Cl)c1. The van der Waals surface area contributed by atoms with E-state index in [0.717, 1.165) is 38.9 Å². The number of ether oxygens (including phenoxy) is 1. The van der Waals surface area contributed by atoms with Crippen LogP contribution in [0.25, 0.3) is 22.3 Å². The molecule has 0 unspecified atom stereocenters. The predicted molar refractivity (Wildman–Crippen MR) is 169 cm³/mol. The summed E-state index contributed by atoms with van der Waals surface area (Å²) in [5, 5.41) is 0.563. The van der Waals surface area contributed by atoms with Crippen molar-refractivity contribution in [3.63, 3.8) is 0 Å². The van der Waals surface area contributed by atoms with Crippen molar-refractivity contribution in [2.24, 2.45) is 0 Å². The molecule has 0 spiro atoms. The average molecular weight is 624 g/mol. The fraction of sp³-hybridized carbons (Fsp3) is 0.242. The first kappa shape index (κ1) is 30.1. The fourth-order valence-corrected chi connectivity index (χ4v) is 6.98. The van der Waals surface area contributed by atoms with Crippen LogP contribution in [0.5, 0.6) is 0 Å². The van der Waals surface area contributed by atoms with E-state index >= 15 is 0 Å². The number of carbonyl (C=O) groups is 1. The van der Waals surface area contributed by atoms with Gasteiger partial charge in [-0.25, -0.2) is 17.9 Å². The lowest BCUT2D eigenvalue weighted by Crippen LogP contribution is -2.39. The third-order valence-corrected chi connectivity index (χ3v) is 9.39. The first-order valence-electron chi connectivity index (χ1n) is 13.8. The fourth-order valence-electron chi connectivity index (χ4n) is 5.30. The number of nitrogens with one attached hydrogen (secondary N) is 1. The van der Waals surface area contributed by atoms with Crippen LogP contribution in [-0.2, 0) is 21.3 Å². The van der Waals surface area contributed by atoms with Crippen LogP contribution in [0.1, 0.15) is 29.0 Å². The molecule has 0 fully saturated rings. The summed E-state index contributed by atoms with van der Waals surface area (Å²) in [6.45, 7) is 0.535. The molecule has 0 saturated heterocycles. The van der Waals surface area contributed by atoms with Gasteiger partial charge in [0.1, 0.15) is 6.61 Å². The Morgan fingerprint density at radius 1 is 0.857 bits per heavy atom. The van der Waals surface area contributed by atoms with E-state index in [1.807, 2.05) is 72.8 Å². The zero-order valence-electron chi connectivity index (χ0n) is 23.0. The molecule has 0 atom stereocenters. The Balaban J connectivity index is 1.32. The van der Waals surface area contributed by atoms with Gasteiger partial charge in [0.2, 0.25) is 10.0 Å². The van der Waals surface area contributed by atoms with Crippen LogP contribution >= 0.6 is 23.2 Å². The van der Waals surface area contributed by atoms with Gasteiger partial charge in [-0.05, 0) is 45.9 Å². The van der Waals surface area contributed by atoms with E-state index in [9.17, 15) is 13.2 Å². The molecule has 0 aliphatic heterocycles. The van der Waals surface area contributed by atoms with Gasteiger partial charge < -0.3 is 9.64 Å². The van der Waals surface area contributed by atoms with Gasteiger partial charge in [0.15, 0.2) is 0 Å². The third-order valence-electron chi connectivity index (χ3n) is 7.34. The van der Waals surface area contributed by atoms with Gasteiger partial charge >= 0.3 is 6.09 Å². The molecule has 42 heavy (non-hydrogen) atoms. The first-order valence-corrected chi connectivity index (χ1v) is 16.4. The summed E-state index contributed by atoms with van der Waals surface area (Å²) >= 11 is 12.3. The summed E-state index contributed by atoms with van der Waals surface area (Å²) < 4.78 is 33.1. The van der Waals surface area contributed by atoms with E-state index in [2.05, 4.69) is 29.0 Å². The van der Waals surface area contributed by atoms with Crippen molar-refractivity contribution in [2.75, 3.05) is 31.3 Å². The van der Waals surface area contributed by atoms with Crippen molar-refractivity contribution in [3.05, 3.63) is 119 Å². The minimum atomic E-state index is -3.51. The topological polar surface area (TPSA) is 75.7 Å². The Labute approximate surface area is 257 Å². The first-order chi connectivity index (χ1) is 20.4.